The van der Waals surface area contributed by atoms with E-state index in [1.165, 1.54) is 18.5 Å². The minimum absolute atomic E-state index is 0.686. The van der Waals surface area contributed by atoms with Gasteiger partial charge < -0.3 is 5.73 Å². The first-order chi connectivity index (χ1) is 7.74. The van der Waals surface area contributed by atoms with E-state index in [0.717, 1.165) is 14.9 Å². The van der Waals surface area contributed by atoms with Crippen LogP contribution in [0.5, 0.6) is 0 Å². The monoisotopic (exact) mass is 325 g/mol. The summed E-state index contributed by atoms with van der Waals surface area (Å²) in [6, 6.07) is 8.12. The highest BCUT2D eigenvalue weighted by Gasteiger charge is 2.25. The van der Waals surface area contributed by atoms with Crippen LogP contribution < -0.4 is 5.73 Å². The van der Waals surface area contributed by atoms with Gasteiger partial charge in [0.05, 0.1) is 17.1 Å². The predicted molar refractivity (Wildman–Crippen MR) is 72.7 cm³/mol. The number of nitrogens with zero attached hydrogens (tertiary/aromatic N) is 2. The lowest BCUT2D eigenvalue weighted by Gasteiger charge is -2.05. The van der Waals surface area contributed by atoms with Crippen molar-refractivity contribution in [1.82, 2.24) is 9.78 Å². The molecule has 0 spiro atoms. The Morgan fingerprint density at radius 1 is 1.31 bits per heavy atom. The highest BCUT2D eigenvalue weighted by atomic mass is 127. The molecule has 1 heterocycles. The van der Waals surface area contributed by atoms with Gasteiger partial charge >= 0.3 is 0 Å². The number of rotatable bonds is 2. The van der Waals surface area contributed by atoms with Gasteiger partial charge in [-0.2, -0.15) is 5.10 Å². The number of benzene rings is 1. The number of anilines is 1. The zero-order valence-electron chi connectivity index (χ0n) is 8.73. The fourth-order valence-corrected chi connectivity index (χ4v) is 2.32. The van der Waals surface area contributed by atoms with E-state index in [0.29, 0.717) is 5.92 Å². The minimum Gasteiger partial charge on any atom is -0.397 e. The van der Waals surface area contributed by atoms with Crippen molar-refractivity contribution in [1.29, 1.82) is 0 Å². The second kappa shape index (κ2) is 3.76. The molecule has 3 nitrogen and oxygen atoms in total. The van der Waals surface area contributed by atoms with Gasteiger partial charge in [0.25, 0.3) is 0 Å². The van der Waals surface area contributed by atoms with Gasteiger partial charge in [-0.3, -0.25) is 0 Å². The van der Waals surface area contributed by atoms with Crippen molar-refractivity contribution in [2.75, 3.05) is 5.73 Å². The average molecular weight is 325 g/mol. The van der Waals surface area contributed by atoms with E-state index >= 15 is 0 Å². The molecule has 16 heavy (non-hydrogen) atoms. The number of nitrogens with two attached hydrogens (primary N) is 1. The van der Waals surface area contributed by atoms with Crippen LogP contribution in [0.3, 0.4) is 0 Å². The van der Waals surface area contributed by atoms with E-state index in [1.807, 2.05) is 29.1 Å². The summed E-state index contributed by atoms with van der Waals surface area (Å²) >= 11 is 2.26. The van der Waals surface area contributed by atoms with Gasteiger partial charge in [0, 0.05) is 15.7 Å². The Morgan fingerprint density at radius 3 is 2.81 bits per heavy atom. The molecular formula is C12H12IN3. The maximum atomic E-state index is 5.99. The standard InChI is InChI=1S/C12H12IN3/c13-9-3-4-12(10(14)7-9)16-6-5-11(15-16)8-1-2-8/h3-8H,1-2,14H2. The summed E-state index contributed by atoms with van der Waals surface area (Å²) in [7, 11) is 0. The Hall–Kier alpha value is -1.04. The molecule has 82 valence electrons. The summed E-state index contributed by atoms with van der Waals surface area (Å²) in [5.41, 5.74) is 8.92. The minimum atomic E-state index is 0.686. The van der Waals surface area contributed by atoms with Gasteiger partial charge in [0.2, 0.25) is 0 Å². The largest absolute Gasteiger partial charge is 0.397 e. The first kappa shape index (κ1) is 10.1. The molecule has 0 amide bonds. The van der Waals surface area contributed by atoms with Gasteiger partial charge in [-0.1, -0.05) is 0 Å². The second-order valence-electron chi connectivity index (χ2n) is 4.16. The van der Waals surface area contributed by atoms with Crippen molar-refractivity contribution in [2.24, 2.45) is 0 Å². The summed E-state index contributed by atoms with van der Waals surface area (Å²) in [4.78, 5) is 0. The van der Waals surface area contributed by atoms with Crippen LogP contribution in [0.4, 0.5) is 5.69 Å². The van der Waals surface area contributed by atoms with Crippen molar-refractivity contribution in [2.45, 2.75) is 18.8 Å². The summed E-state index contributed by atoms with van der Waals surface area (Å²) in [5, 5.41) is 4.57. The van der Waals surface area contributed by atoms with Crippen molar-refractivity contribution in [3.63, 3.8) is 0 Å². The molecule has 0 unspecified atom stereocenters. The van der Waals surface area contributed by atoms with Gasteiger partial charge in [-0.05, 0) is 59.7 Å². The zero-order chi connectivity index (χ0) is 11.1. The molecule has 0 atom stereocenters. The third kappa shape index (κ3) is 1.81. The predicted octanol–water partition coefficient (Wildman–Crippen LogP) is 2.94. The Bertz CT molecular complexity index is 529. The fourth-order valence-electron chi connectivity index (χ4n) is 1.80. The molecule has 2 aromatic rings. The quantitative estimate of drug-likeness (QED) is 0.681. The van der Waals surface area contributed by atoms with Crippen LogP contribution in [-0.4, -0.2) is 9.78 Å². The van der Waals surface area contributed by atoms with Crippen LogP contribution in [0.1, 0.15) is 24.5 Å². The molecule has 1 aliphatic rings. The Morgan fingerprint density at radius 2 is 2.12 bits per heavy atom. The fraction of sp³-hybridized carbons (Fsp3) is 0.250. The highest BCUT2D eigenvalue weighted by Crippen LogP contribution is 2.39. The lowest BCUT2D eigenvalue weighted by molar-refractivity contribution is 0.839. The van der Waals surface area contributed by atoms with Crippen LogP contribution >= 0.6 is 22.6 Å². The molecule has 1 aromatic heterocycles. The maximum absolute atomic E-state index is 5.99. The third-order valence-electron chi connectivity index (χ3n) is 2.84. The molecule has 0 radical (unpaired) electrons. The first-order valence-corrected chi connectivity index (χ1v) is 6.43. The summed E-state index contributed by atoms with van der Waals surface area (Å²) in [6.07, 6.45) is 4.55. The molecule has 1 aliphatic carbocycles. The van der Waals surface area contributed by atoms with E-state index in [2.05, 4.69) is 33.8 Å². The lowest BCUT2D eigenvalue weighted by atomic mass is 10.3. The SMILES string of the molecule is Nc1cc(I)ccc1-n1ccc(C2CC2)n1. The van der Waals surface area contributed by atoms with E-state index in [-0.39, 0.29) is 0 Å². The number of aromatic nitrogens is 2. The van der Waals surface area contributed by atoms with Crippen molar-refractivity contribution < 1.29 is 0 Å². The van der Waals surface area contributed by atoms with E-state index in [9.17, 15) is 0 Å². The van der Waals surface area contributed by atoms with E-state index in [4.69, 9.17) is 5.73 Å². The van der Waals surface area contributed by atoms with E-state index in [1.54, 1.807) is 0 Å². The van der Waals surface area contributed by atoms with Crippen LogP contribution in [0, 0.1) is 3.57 Å². The number of halogens is 1. The molecule has 1 saturated carbocycles. The third-order valence-corrected chi connectivity index (χ3v) is 3.51. The lowest BCUT2D eigenvalue weighted by Crippen LogP contribution is -2.01. The smallest absolute Gasteiger partial charge is 0.0875 e. The molecule has 1 aromatic carbocycles. The molecule has 1 fully saturated rings. The van der Waals surface area contributed by atoms with Crippen molar-refractivity contribution in [3.05, 3.63) is 39.7 Å². The zero-order valence-corrected chi connectivity index (χ0v) is 10.9. The van der Waals surface area contributed by atoms with Gasteiger partial charge in [0.1, 0.15) is 0 Å². The van der Waals surface area contributed by atoms with E-state index < -0.39 is 0 Å². The topological polar surface area (TPSA) is 43.8 Å². The number of hydrogen-bond donors (Lipinski definition) is 1. The maximum Gasteiger partial charge on any atom is 0.0875 e. The van der Waals surface area contributed by atoms with Gasteiger partial charge in [-0.15, -0.1) is 0 Å². The van der Waals surface area contributed by atoms with Crippen molar-refractivity contribution in [3.8, 4) is 5.69 Å². The Balaban J connectivity index is 2.00. The second-order valence-corrected chi connectivity index (χ2v) is 5.41. The molecule has 4 heteroatoms. The number of hydrogen-bond acceptors (Lipinski definition) is 2. The molecular weight excluding hydrogens is 313 g/mol. The van der Waals surface area contributed by atoms with Crippen LogP contribution in [0.15, 0.2) is 30.5 Å². The molecule has 0 aliphatic heterocycles. The average Bonchev–Trinajstić information content (AvgIpc) is 2.98. The van der Waals surface area contributed by atoms with Crippen LogP contribution in [0.25, 0.3) is 5.69 Å². The molecule has 3 rings (SSSR count). The van der Waals surface area contributed by atoms with Crippen LogP contribution in [0.2, 0.25) is 0 Å². The highest BCUT2D eigenvalue weighted by molar-refractivity contribution is 14.1. The van der Waals surface area contributed by atoms with Gasteiger partial charge in [-0.25, -0.2) is 4.68 Å². The van der Waals surface area contributed by atoms with Gasteiger partial charge in [0.15, 0.2) is 0 Å². The number of nitrogen functional groups attached to an aromatic ring is 1. The first-order valence-electron chi connectivity index (χ1n) is 5.35. The normalized spacial score (nSPS) is 15.3. The summed E-state index contributed by atoms with van der Waals surface area (Å²) in [6.45, 7) is 0. The van der Waals surface area contributed by atoms with Crippen LogP contribution in [-0.2, 0) is 0 Å². The summed E-state index contributed by atoms with van der Waals surface area (Å²) < 4.78 is 3.02. The molecule has 2 N–H and O–H groups in total. The Labute approximate surface area is 108 Å². The molecule has 0 saturated heterocycles. The van der Waals surface area contributed by atoms with Crippen molar-refractivity contribution >= 4 is 28.3 Å². The summed E-state index contributed by atoms with van der Waals surface area (Å²) in [5.74, 6) is 0.686. The molecule has 0 bridgehead atoms. The Kier molecular flexibility index (Phi) is 2.38.